The van der Waals surface area contributed by atoms with Gasteiger partial charge in [-0.1, -0.05) is 31.4 Å². The van der Waals surface area contributed by atoms with E-state index >= 15 is 0 Å². The zero-order valence-corrected chi connectivity index (χ0v) is 17.1. The molecule has 6 heteroatoms. The van der Waals surface area contributed by atoms with Gasteiger partial charge in [-0.05, 0) is 43.5 Å². The molecule has 4 rings (SSSR count). The molecule has 3 aromatic rings. The van der Waals surface area contributed by atoms with E-state index in [0.29, 0.717) is 12.5 Å². The standard InChI is InChI=1S/C22H25N3O2S/c1-14-19-13-21(28-22(19)25(24-14)18-6-4-3-5-7-18)20(27)12-16-8-10-17(11-9-16)23-15(2)26/h8-11,13,18H,3-7,12H2,1-2H3,(H,23,26). The maximum absolute atomic E-state index is 12.9. The van der Waals surface area contributed by atoms with E-state index in [4.69, 9.17) is 5.10 Å². The summed E-state index contributed by atoms with van der Waals surface area (Å²) in [5, 5.41) is 8.63. The molecule has 1 amide bonds. The monoisotopic (exact) mass is 395 g/mol. The van der Waals surface area contributed by atoms with Crippen molar-refractivity contribution in [2.24, 2.45) is 0 Å². The van der Waals surface area contributed by atoms with Gasteiger partial charge in [0.1, 0.15) is 4.83 Å². The lowest BCUT2D eigenvalue weighted by Gasteiger charge is -2.22. The number of rotatable bonds is 5. The van der Waals surface area contributed by atoms with E-state index in [9.17, 15) is 9.59 Å². The molecule has 1 aromatic carbocycles. The Labute approximate surface area is 168 Å². The van der Waals surface area contributed by atoms with E-state index in [1.807, 2.05) is 37.3 Å². The van der Waals surface area contributed by atoms with Crippen LogP contribution >= 0.6 is 11.3 Å². The molecule has 0 spiro atoms. The number of Topliss-reactive ketones (excluding diaryl/α,β-unsaturated/α-hetero) is 1. The summed E-state index contributed by atoms with van der Waals surface area (Å²) in [6.07, 6.45) is 6.55. The lowest BCUT2D eigenvalue weighted by molar-refractivity contribution is -0.114. The Balaban J connectivity index is 1.53. The molecule has 2 heterocycles. The van der Waals surface area contributed by atoms with Crippen LogP contribution in [0.15, 0.2) is 30.3 Å². The maximum atomic E-state index is 12.9. The Morgan fingerprint density at radius 2 is 1.89 bits per heavy atom. The number of benzene rings is 1. The Morgan fingerprint density at radius 1 is 1.18 bits per heavy atom. The SMILES string of the molecule is CC(=O)Nc1ccc(CC(=O)c2cc3c(C)nn(C4CCCCC4)c3s2)cc1. The van der Waals surface area contributed by atoms with Gasteiger partial charge in [0.25, 0.3) is 0 Å². The highest BCUT2D eigenvalue weighted by molar-refractivity contribution is 7.20. The molecular weight excluding hydrogens is 370 g/mol. The van der Waals surface area contributed by atoms with Gasteiger partial charge >= 0.3 is 0 Å². The Bertz CT molecular complexity index is 1010. The molecule has 0 aliphatic heterocycles. The largest absolute Gasteiger partial charge is 0.326 e. The fourth-order valence-corrected chi connectivity index (χ4v) is 5.13. The van der Waals surface area contributed by atoms with E-state index in [1.165, 1.54) is 39.0 Å². The van der Waals surface area contributed by atoms with Crippen molar-refractivity contribution in [3.05, 3.63) is 46.5 Å². The van der Waals surface area contributed by atoms with E-state index in [0.717, 1.165) is 32.0 Å². The Kier molecular flexibility index (Phi) is 5.31. The summed E-state index contributed by atoms with van der Waals surface area (Å²) in [4.78, 5) is 25.9. The van der Waals surface area contributed by atoms with Crippen molar-refractivity contribution in [2.75, 3.05) is 5.32 Å². The second kappa shape index (κ2) is 7.87. The number of fused-ring (bicyclic) bond motifs is 1. The molecule has 28 heavy (non-hydrogen) atoms. The van der Waals surface area contributed by atoms with Gasteiger partial charge in [0, 0.05) is 24.4 Å². The number of amides is 1. The van der Waals surface area contributed by atoms with Crippen LogP contribution in [0.3, 0.4) is 0 Å². The van der Waals surface area contributed by atoms with Crippen molar-refractivity contribution in [1.29, 1.82) is 0 Å². The molecule has 0 bridgehead atoms. The van der Waals surface area contributed by atoms with Gasteiger partial charge < -0.3 is 5.32 Å². The van der Waals surface area contributed by atoms with Crippen LogP contribution in [-0.4, -0.2) is 21.5 Å². The lowest BCUT2D eigenvalue weighted by Crippen LogP contribution is -2.13. The van der Waals surface area contributed by atoms with Gasteiger partial charge in [0.05, 0.1) is 16.6 Å². The Morgan fingerprint density at radius 3 is 2.57 bits per heavy atom. The van der Waals surface area contributed by atoms with Gasteiger partial charge in [0.15, 0.2) is 5.78 Å². The number of aryl methyl sites for hydroxylation is 1. The predicted molar refractivity (Wildman–Crippen MR) is 113 cm³/mol. The van der Waals surface area contributed by atoms with Crippen LogP contribution in [0.25, 0.3) is 10.2 Å². The quantitative estimate of drug-likeness (QED) is 0.597. The number of hydrogen-bond donors (Lipinski definition) is 1. The van der Waals surface area contributed by atoms with Gasteiger partial charge in [-0.25, -0.2) is 0 Å². The van der Waals surface area contributed by atoms with Crippen molar-refractivity contribution < 1.29 is 9.59 Å². The van der Waals surface area contributed by atoms with Crippen LogP contribution < -0.4 is 5.32 Å². The molecule has 0 atom stereocenters. The summed E-state index contributed by atoms with van der Waals surface area (Å²) >= 11 is 1.57. The Hall–Kier alpha value is -2.47. The third kappa shape index (κ3) is 3.87. The summed E-state index contributed by atoms with van der Waals surface area (Å²) in [6, 6.07) is 9.93. The van der Waals surface area contributed by atoms with Crippen LogP contribution in [0.5, 0.6) is 0 Å². The van der Waals surface area contributed by atoms with Crippen LogP contribution in [0.4, 0.5) is 5.69 Å². The fourth-order valence-electron chi connectivity index (χ4n) is 3.96. The lowest BCUT2D eigenvalue weighted by atomic mass is 9.96. The first-order valence-electron chi connectivity index (χ1n) is 9.89. The van der Waals surface area contributed by atoms with Crippen LogP contribution in [0.2, 0.25) is 0 Å². The summed E-state index contributed by atoms with van der Waals surface area (Å²) in [6.45, 7) is 3.51. The molecule has 1 N–H and O–H groups in total. The number of carbonyl (C=O) groups excluding carboxylic acids is 2. The van der Waals surface area contributed by atoms with Crippen molar-refractivity contribution in [1.82, 2.24) is 9.78 Å². The highest BCUT2D eigenvalue weighted by atomic mass is 32.1. The number of hydrogen-bond acceptors (Lipinski definition) is 4. The molecule has 0 saturated heterocycles. The minimum atomic E-state index is -0.100. The molecule has 5 nitrogen and oxygen atoms in total. The van der Waals surface area contributed by atoms with Crippen molar-refractivity contribution in [3.8, 4) is 0 Å². The third-order valence-electron chi connectivity index (χ3n) is 5.40. The van der Waals surface area contributed by atoms with Crippen molar-refractivity contribution >= 4 is 38.9 Å². The number of thiophene rings is 1. The number of anilines is 1. The molecule has 0 radical (unpaired) electrons. The highest BCUT2D eigenvalue weighted by Gasteiger charge is 2.22. The molecule has 0 unspecified atom stereocenters. The van der Waals surface area contributed by atoms with Crippen LogP contribution in [0.1, 0.15) is 66.0 Å². The zero-order valence-electron chi connectivity index (χ0n) is 16.3. The summed E-state index contributed by atoms with van der Waals surface area (Å²) in [5.41, 5.74) is 2.70. The van der Waals surface area contributed by atoms with Gasteiger partial charge in [-0.2, -0.15) is 5.10 Å². The van der Waals surface area contributed by atoms with Crippen LogP contribution in [0, 0.1) is 6.92 Å². The normalized spacial score (nSPS) is 15.1. The number of nitrogens with one attached hydrogen (secondary N) is 1. The highest BCUT2D eigenvalue weighted by Crippen LogP contribution is 2.35. The topological polar surface area (TPSA) is 64.0 Å². The first kappa shape index (κ1) is 18.9. The molecule has 1 aliphatic carbocycles. The minimum absolute atomic E-state index is 0.100. The summed E-state index contributed by atoms with van der Waals surface area (Å²) in [5.74, 6) is 0.0274. The average Bonchev–Trinajstić information content (AvgIpc) is 3.24. The second-order valence-corrected chi connectivity index (χ2v) is 8.66. The number of aromatic nitrogens is 2. The zero-order chi connectivity index (χ0) is 19.7. The second-order valence-electron chi connectivity index (χ2n) is 7.63. The number of carbonyl (C=O) groups is 2. The van der Waals surface area contributed by atoms with E-state index in [1.54, 1.807) is 11.3 Å². The molecule has 1 aliphatic rings. The summed E-state index contributed by atoms with van der Waals surface area (Å²) < 4.78 is 2.17. The predicted octanol–water partition coefficient (Wildman–Crippen LogP) is 5.30. The van der Waals surface area contributed by atoms with Crippen molar-refractivity contribution in [2.45, 2.75) is 58.4 Å². The molecule has 146 valence electrons. The van der Waals surface area contributed by atoms with E-state index < -0.39 is 0 Å². The van der Waals surface area contributed by atoms with Gasteiger partial charge in [0.2, 0.25) is 5.91 Å². The van der Waals surface area contributed by atoms with Crippen LogP contribution in [-0.2, 0) is 11.2 Å². The molecule has 1 saturated carbocycles. The van der Waals surface area contributed by atoms with Crippen molar-refractivity contribution in [3.63, 3.8) is 0 Å². The average molecular weight is 396 g/mol. The fraction of sp³-hybridized carbons (Fsp3) is 0.409. The first-order chi connectivity index (χ1) is 13.5. The van der Waals surface area contributed by atoms with E-state index in [-0.39, 0.29) is 11.7 Å². The first-order valence-corrected chi connectivity index (χ1v) is 10.7. The molecule has 1 fully saturated rings. The number of ketones is 1. The van der Waals surface area contributed by atoms with Gasteiger partial charge in [-0.3, -0.25) is 14.3 Å². The van der Waals surface area contributed by atoms with Gasteiger partial charge in [-0.15, -0.1) is 11.3 Å². The maximum Gasteiger partial charge on any atom is 0.221 e. The minimum Gasteiger partial charge on any atom is -0.326 e. The molecule has 2 aromatic heterocycles. The van der Waals surface area contributed by atoms with E-state index in [2.05, 4.69) is 10.00 Å². The smallest absolute Gasteiger partial charge is 0.221 e. The third-order valence-corrected chi connectivity index (χ3v) is 6.57. The summed E-state index contributed by atoms with van der Waals surface area (Å²) in [7, 11) is 0. The number of nitrogens with zero attached hydrogens (tertiary/aromatic N) is 2. The molecular formula is C22H25N3O2S.